The third kappa shape index (κ3) is 11.1. The van der Waals surface area contributed by atoms with Gasteiger partial charge in [-0.3, -0.25) is 9.36 Å². The minimum Gasteiger partial charge on any atom is -0.480 e. The van der Waals surface area contributed by atoms with Gasteiger partial charge in [-0.05, 0) is 19.4 Å². The summed E-state index contributed by atoms with van der Waals surface area (Å²) in [7, 11) is 3.49. The Kier molecular flexibility index (Phi) is 9.22. The molecule has 0 rings (SSSR count). The Labute approximate surface area is 115 Å². The summed E-state index contributed by atoms with van der Waals surface area (Å²) in [5, 5.41) is 11.5. The Hall–Kier alpha value is -0.460. The maximum absolute atomic E-state index is 11.6. The third-order valence-corrected chi connectivity index (χ3v) is 3.58. The van der Waals surface area contributed by atoms with Crippen LogP contribution in [0.2, 0.25) is 0 Å². The van der Waals surface area contributed by atoms with Crippen LogP contribution in [0.5, 0.6) is 0 Å². The summed E-state index contributed by atoms with van der Waals surface area (Å²) in [6, 6.07) is -0.831. The molecular formula is C11H27N3O4P+. The Bertz CT molecular complexity index is 294. The second-order valence-corrected chi connectivity index (χ2v) is 6.62. The van der Waals surface area contributed by atoms with Crippen molar-refractivity contribution in [1.82, 2.24) is 5.09 Å². The molecule has 2 atom stereocenters. The van der Waals surface area contributed by atoms with Gasteiger partial charge in [0.1, 0.15) is 19.2 Å². The number of unbranched alkanes of at least 4 members (excludes halogenated alkanes) is 1. The zero-order valence-electron chi connectivity index (χ0n) is 12.0. The molecule has 0 amide bonds. The van der Waals surface area contributed by atoms with Gasteiger partial charge in [-0.2, -0.15) is 0 Å². The van der Waals surface area contributed by atoms with E-state index in [1.165, 1.54) is 0 Å². The molecule has 114 valence electrons. The van der Waals surface area contributed by atoms with Gasteiger partial charge in [-0.1, -0.05) is 6.42 Å². The molecule has 0 fully saturated rings. The van der Waals surface area contributed by atoms with E-state index in [0.29, 0.717) is 37.0 Å². The van der Waals surface area contributed by atoms with Crippen molar-refractivity contribution in [3.8, 4) is 0 Å². The second-order valence-electron chi connectivity index (χ2n) is 5.47. The SMILES string of the molecule is C[N+](C)(C)CCO[PH](=O)N[C@@H](CCCCN)C(=O)O. The largest absolute Gasteiger partial charge is 0.480 e. The van der Waals surface area contributed by atoms with Gasteiger partial charge in [-0.15, -0.1) is 0 Å². The first-order chi connectivity index (χ1) is 8.76. The molecule has 1 unspecified atom stereocenters. The normalized spacial score (nSPS) is 15.2. The average molecular weight is 296 g/mol. The van der Waals surface area contributed by atoms with E-state index in [1.807, 2.05) is 21.1 Å². The van der Waals surface area contributed by atoms with Crippen LogP contribution in [0.4, 0.5) is 0 Å². The van der Waals surface area contributed by atoms with E-state index in [4.69, 9.17) is 15.4 Å². The number of hydrogen-bond donors (Lipinski definition) is 3. The molecule has 0 aromatic rings. The summed E-state index contributed by atoms with van der Waals surface area (Å²) in [4.78, 5) is 11.0. The fourth-order valence-electron chi connectivity index (χ4n) is 1.35. The number of rotatable bonds is 11. The third-order valence-electron chi connectivity index (χ3n) is 2.53. The first-order valence-electron chi connectivity index (χ1n) is 6.43. The number of aliphatic carboxylic acids is 1. The standard InChI is InChI=1S/C11H26N3O4P/c1-14(2,3)8-9-18-19(17)13-10(11(15)16)6-4-5-7-12/h10,19H,4-9,12H2,1-3H3,(H-,13,15,16,17)/p+1/t10-/m0/s1. The highest BCUT2D eigenvalue weighted by Gasteiger charge is 2.19. The van der Waals surface area contributed by atoms with Gasteiger partial charge in [0.25, 0.3) is 8.18 Å². The topological polar surface area (TPSA) is 102 Å². The monoisotopic (exact) mass is 296 g/mol. The lowest BCUT2D eigenvalue weighted by atomic mass is 10.1. The summed E-state index contributed by atoms with van der Waals surface area (Å²) in [6.07, 6.45) is 1.85. The van der Waals surface area contributed by atoms with Crippen LogP contribution in [0.3, 0.4) is 0 Å². The van der Waals surface area contributed by atoms with Crippen molar-refractivity contribution in [2.45, 2.75) is 25.3 Å². The van der Waals surface area contributed by atoms with E-state index in [0.717, 1.165) is 6.42 Å². The Morgan fingerprint density at radius 2 is 2.05 bits per heavy atom. The Morgan fingerprint density at radius 3 is 2.53 bits per heavy atom. The lowest BCUT2D eigenvalue weighted by Gasteiger charge is -2.23. The van der Waals surface area contributed by atoms with Crippen molar-refractivity contribution < 1.29 is 23.5 Å². The summed E-state index contributed by atoms with van der Waals surface area (Å²) >= 11 is 0. The van der Waals surface area contributed by atoms with Crippen molar-refractivity contribution in [3.63, 3.8) is 0 Å². The van der Waals surface area contributed by atoms with Crippen molar-refractivity contribution in [2.75, 3.05) is 40.8 Å². The molecule has 0 bridgehead atoms. The molecule has 7 nitrogen and oxygen atoms in total. The molecule has 0 heterocycles. The van der Waals surface area contributed by atoms with Gasteiger partial charge in [0.15, 0.2) is 0 Å². The Balaban J connectivity index is 4.00. The molecule has 0 aliphatic rings. The summed E-state index contributed by atoms with van der Waals surface area (Å²) in [6.45, 7) is 1.58. The van der Waals surface area contributed by atoms with E-state index in [1.54, 1.807) is 0 Å². The fourth-order valence-corrected chi connectivity index (χ4v) is 2.26. The van der Waals surface area contributed by atoms with Crippen LogP contribution in [-0.2, 0) is 13.9 Å². The van der Waals surface area contributed by atoms with Crippen LogP contribution in [0.25, 0.3) is 0 Å². The van der Waals surface area contributed by atoms with Crippen LogP contribution in [0.1, 0.15) is 19.3 Å². The van der Waals surface area contributed by atoms with Crippen molar-refractivity contribution in [2.24, 2.45) is 5.73 Å². The molecule has 0 saturated carbocycles. The number of hydrogen-bond acceptors (Lipinski definition) is 4. The highest BCUT2D eigenvalue weighted by Crippen LogP contribution is 2.19. The molecular weight excluding hydrogens is 269 g/mol. The first kappa shape index (κ1) is 18.5. The number of carboxylic acids is 1. The van der Waals surface area contributed by atoms with Crippen LogP contribution in [-0.4, -0.2) is 62.4 Å². The van der Waals surface area contributed by atoms with Crippen LogP contribution < -0.4 is 10.8 Å². The lowest BCUT2D eigenvalue weighted by Crippen LogP contribution is -2.37. The van der Waals surface area contributed by atoms with Gasteiger partial charge in [0, 0.05) is 0 Å². The average Bonchev–Trinajstić information content (AvgIpc) is 2.26. The highest BCUT2D eigenvalue weighted by molar-refractivity contribution is 7.36. The molecule has 0 aliphatic carbocycles. The number of carbonyl (C=O) groups is 1. The quantitative estimate of drug-likeness (QED) is 0.287. The van der Waals surface area contributed by atoms with Gasteiger partial charge in [-0.25, -0.2) is 5.09 Å². The maximum Gasteiger partial charge on any atom is 0.321 e. The van der Waals surface area contributed by atoms with E-state index < -0.39 is 20.2 Å². The van der Waals surface area contributed by atoms with Crippen molar-refractivity contribution >= 4 is 14.1 Å². The molecule has 0 spiro atoms. The van der Waals surface area contributed by atoms with Crippen LogP contribution >= 0.6 is 8.18 Å². The smallest absolute Gasteiger partial charge is 0.321 e. The summed E-state index contributed by atoms with van der Waals surface area (Å²) in [5.74, 6) is -1.01. The predicted molar refractivity (Wildman–Crippen MR) is 75.3 cm³/mol. The fraction of sp³-hybridized carbons (Fsp3) is 0.909. The molecule has 4 N–H and O–H groups in total. The van der Waals surface area contributed by atoms with Crippen molar-refractivity contribution in [3.05, 3.63) is 0 Å². The summed E-state index contributed by atoms with van der Waals surface area (Å²) < 4.78 is 17.5. The van der Waals surface area contributed by atoms with E-state index in [2.05, 4.69) is 5.09 Å². The number of quaternary nitrogens is 1. The number of nitrogens with zero attached hydrogens (tertiary/aromatic N) is 1. The molecule has 8 heteroatoms. The highest BCUT2D eigenvalue weighted by atomic mass is 31.1. The first-order valence-corrected chi connectivity index (χ1v) is 7.74. The zero-order chi connectivity index (χ0) is 14.9. The molecule has 0 aromatic heterocycles. The number of likely N-dealkylation sites (N-methyl/N-ethyl adjacent to an activating group) is 1. The van der Waals surface area contributed by atoms with E-state index in [9.17, 15) is 9.36 Å². The van der Waals surface area contributed by atoms with Gasteiger partial charge in [0.2, 0.25) is 0 Å². The van der Waals surface area contributed by atoms with Crippen LogP contribution in [0.15, 0.2) is 0 Å². The van der Waals surface area contributed by atoms with Gasteiger partial charge in [0.05, 0.1) is 21.1 Å². The molecule has 0 aromatic carbocycles. The minimum absolute atomic E-state index is 0.337. The van der Waals surface area contributed by atoms with Gasteiger partial charge < -0.3 is 19.8 Å². The van der Waals surface area contributed by atoms with E-state index >= 15 is 0 Å². The zero-order valence-corrected chi connectivity index (χ0v) is 13.0. The number of nitrogens with two attached hydrogens (primary N) is 1. The second kappa shape index (κ2) is 9.44. The summed E-state index contributed by atoms with van der Waals surface area (Å²) in [5.41, 5.74) is 5.35. The predicted octanol–water partition coefficient (Wildman–Crippen LogP) is 0.271. The molecule has 0 saturated heterocycles. The molecule has 0 aliphatic heterocycles. The van der Waals surface area contributed by atoms with Crippen LogP contribution in [0, 0.1) is 0 Å². The number of carboxylic acid groups (broad SMARTS) is 1. The van der Waals surface area contributed by atoms with E-state index in [-0.39, 0.29) is 0 Å². The van der Waals surface area contributed by atoms with Gasteiger partial charge >= 0.3 is 5.97 Å². The molecule has 19 heavy (non-hydrogen) atoms. The minimum atomic E-state index is -2.51. The lowest BCUT2D eigenvalue weighted by molar-refractivity contribution is -0.870. The molecule has 0 radical (unpaired) electrons. The Morgan fingerprint density at radius 1 is 1.42 bits per heavy atom. The number of nitrogens with one attached hydrogen (secondary N) is 1. The van der Waals surface area contributed by atoms with Crippen molar-refractivity contribution in [1.29, 1.82) is 0 Å². The maximum atomic E-state index is 11.6.